The normalized spacial score (nSPS) is 15.4. The number of halogens is 1. The molecule has 0 saturated heterocycles. The maximum Gasteiger partial charge on any atom is 0.193 e. The van der Waals surface area contributed by atoms with Crippen LogP contribution in [0.25, 0.3) is 0 Å². The van der Waals surface area contributed by atoms with Crippen molar-refractivity contribution in [2.45, 2.75) is 29.0 Å². The minimum atomic E-state index is 0. The molecule has 25 heavy (non-hydrogen) atoms. The van der Waals surface area contributed by atoms with Crippen molar-refractivity contribution < 1.29 is 0 Å². The van der Waals surface area contributed by atoms with Gasteiger partial charge in [0.05, 0.1) is 6.54 Å². The predicted octanol–water partition coefficient (Wildman–Crippen LogP) is 3.98. The van der Waals surface area contributed by atoms with Crippen LogP contribution in [-0.2, 0) is 13.6 Å². The molecule has 1 aliphatic carbocycles. The van der Waals surface area contributed by atoms with Gasteiger partial charge in [-0.3, -0.25) is 4.99 Å². The smallest absolute Gasteiger partial charge is 0.193 e. The summed E-state index contributed by atoms with van der Waals surface area (Å²) < 4.78 is 2.47. The van der Waals surface area contributed by atoms with Crippen LogP contribution in [0.2, 0.25) is 0 Å². The standard InChI is InChI=1S/C19H26N4S.HI/c1-20-18(23(3)14-16-8-7-13-22(16)2)21-15-19(11-12-19)24-17-9-5-4-6-10-17;/h4-10,13H,11-12,14-15H2,1-3H3,(H,20,21);1H. The van der Waals surface area contributed by atoms with Crippen LogP contribution in [0.3, 0.4) is 0 Å². The van der Waals surface area contributed by atoms with Crippen LogP contribution in [0.15, 0.2) is 58.5 Å². The Balaban J connectivity index is 0.00000225. The van der Waals surface area contributed by atoms with E-state index in [4.69, 9.17) is 0 Å². The molecule has 0 unspecified atom stereocenters. The van der Waals surface area contributed by atoms with Crippen molar-refractivity contribution in [3.63, 3.8) is 0 Å². The second-order valence-electron chi connectivity index (χ2n) is 6.47. The minimum Gasteiger partial charge on any atom is -0.355 e. The highest BCUT2D eigenvalue weighted by Gasteiger charge is 2.43. The van der Waals surface area contributed by atoms with Crippen LogP contribution >= 0.6 is 35.7 Å². The molecule has 0 amide bonds. The number of guanidine groups is 1. The van der Waals surface area contributed by atoms with Crippen molar-refractivity contribution in [2.75, 3.05) is 20.6 Å². The van der Waals surface area contributed by atoms with E-state index < -0.39 is 0 Å². The summed E-state index contributed by atoms with van der Waals surface area (Å²) in [5.74, 6) is 0.955. The summed E-state index contributed by atoms with van der Waals surface area (Å²) in [5, 5.41) is 3.57. The minimum absolute atomic E-state index is 0. The quantitative estimate of drug-likeness (QED) is 0.394. The maximum atomic E-state index is 4.45. The first-order valence-electron chi connectivity index (χ1n) is 8.38. The zero-order valence-corrected chi connectivity index (χ0v) is 18.3. The fourth-order valence-corrected chi connectivity index (χ4v) is 4.04. The SMILES string of the molecule is CN=C(NCC1(Sc2ccccc2)CC1)N(C)Cc1cccn1C.I. The molecular formula is C19H27IN4S. The monoisotopic (exact) mass is 470 g/mol. The second-order valence-corrected chi connectivity index (χ2v) is 8.01. The first-order chi connectivity index (χ1) is 11.6. The van der Waals surface area contributed by atoms with Gasteiger partial charge < -0.3 is 14.8 Å². The molecule has 0 spiro atoms. The molecule has 136 valence electrons. The number of thioether (sulfide) groups is 1. The van der Waals surface area contributed by atoms with E-state index in [-0.39, 0.29) is 24.0 Å². The largest absolute Gasteiger partial charge is 0.355 e. The summed E-state index contributed by atoms with van der Waals surface area (Å²) in [6, 6.07) is 14.9. The third kappa shape index (κ3) is 5.41. The summed E-state index contributed by atoms with van der Waals surface area (Å²) in [4.78, 5) is 7.98. The topological polar surface area (TPSA) is 32.6 Å². The average molecular weight is 470 g/mol. The van der Waals surface area contributed by atoms with E-state index >= 15 is 0 Å². The molecule has 4 nitrogen and oxygen atoms in total. The van der Waals surface area contributed by atoms with Crippen LogP contribution in [-0.4, -0.2) is 40.8 Å². The molecule has 0 bridgehead atoms. The summed E-state index contributed by atoms with van der Waals surface area (Å²) in [6.45, 7) is 1.80. The number of nitrogens with one attached hydrogen (secondary N) is 1. The Kier molecular flexibility index (Phi) is 7.25. The van der Waals surface area contributed by atoms with Gasteiger partial charge in [-0.2, -0.15) is 0 Å². The lowest BCUT2D eigenvalue weighted by atomic mass is 10.4. The molecule has 6 heteroatoms. The lowest BCUT2D eigenvalue weighted by Crippen LogP contribution is -2.42. The number of aromatic nitrogens is 1. The fourth-order valence-electron chi connectivity index (χ4n) is 2.80. The van der Waals surface area contributed by atoms with E-state index in [1.807, 2.05) is 18.8 Å². The molecule has 3 rings (SSSR count). The lowest BCUT2D eigenvalue weighted by molar-refractivity contribution is 0.461. The van der Waals surface area contributed by atoms with Gasteiger partial charge in [-0.25, -0.2) is 0 Å². The van der Waals surface area contributed by atoms with Gasteiger partial charge in [-0.15, -0.1) is 35.7 Å². The second kappa shape index (κ2) is 8.98. The highest BCUT2D eigenvalue weighted by atomic mass is 127. The van der Waals surface area contributed by atoms with Crippen LogP contribution in [0.5, 0.6) is 0 Å². The van der Waals surface area contributed by atoms with E-state index in [0.717, 1.165) is 19.0 Å². The fraction of sp³-hybridized carbons (Fsp3) is 0.421. The Hall–Kier alpha value is -1.15. The molecule has 1 aromatic heterocycles. The summed E-state index contributed by atoms with van der Waals surface area (Å²) in [5.41, 5.74) is 1.28. The first kappa shape index (κ1) is 20.2. The van der Waals surface area contributed by atoms with Gasteiger partial charge in [0.1, 0.15) is 0 Å². The molecule has 0 atom stereocenters. The van der Waals surface area contributed by atoms with E-state index in [9.17, 15) is 0 Å². The highest BCUT2D eigenvalue weighted by Crippen LogP contribution is 2.51. The van der Waals surface area contributed by atoms with Crippen LogP contribution in [0, 0.1) is 0 Å². The van der Waals surface area contributed by atoms with E-state index in [1.54, 1.807) is 0 Å². The van der Waals surface area contributed by atoms with Gasteiger partial charge in [0.15, 0.2) is 5.96 Å². The number of nitrogens with zero attached hydrogens (tertiary/aromatic N) is 3. The Bertz CT molecular complexity index is 694. The molecule has 2 aromatic rings. The molecule has 1 aliphatic rings. The zero-order chi connectivity index (χ0) is 17.0. The Morgan fingerprint density at radius 2 is 1.96 bits per heavy atom. The molecule has 1 saturated carbocycles. The number of hydrogen-bond donors (Lipinski definition) is 1. The molecule has 0 aliphatic heterocycles. The lowest BCUT2D eigenvalue weighted by Gasteiger charge is -2.24. The van der Waals surface area contributed by atoms with Gasteiger partial charge in [-0.1, -0.05) is 18.2 Å². The summed E-state index contributed by atoms with van der Waals surface area (Å²) in [6.07, 6.45) is 4.60. The molecule has 1 N–H and O–H groups in total. The summed E-state index contributed by atoms with van der Waals surface area (Å²) in [7, 11) is 6.02. The average Bonchev–Trinajstić information content (AvgIpc) is 3.23. The van der Waals surface area contributed by atoms with Crippen molar-refractivity contribution in [2.24, 2.45) is 12.0 Å². The van der Waals surface area contributed by atoms with Crippen LogP contribution in [0.4, 0.5) is 0 Å². The molecule has 0 radical (unpaired) electrons. The maximum absolute atomic E-state index is 4.45. The number of benzene rings is 1. The van der Waals surface area contributed by atoms with E-state index in [0.29, 0.717) is 4.75 Å². The van der Waals surface area contributed by atoms with Crippen LogP contribution in [0.1, 0.15) is 18.5 Å². The van der Waals surface area contributed by atoms with E-state index in [2.05, 4.69) is 82.5 Å². The van der Waals surface area contributed by atoms with Crippen molar-refractivity contribution >= 4 is 41.7 Å². The predicted molar refractivity (Wildman–Crippen MR) is 118 cm³/mol. The van der Waals surface area contributed by atoms with Gasteiger partial charge in [0.2, 0.25) is 0 Å². The number of rotatable bonds is 6. The number of aryl methyl sites for hydroxylation is 1. The molecule has 1 aromatic carbocycles. The van der Waals surface area contributed by atoms with Crippen molar-refractivity contribution in [1.29, 1.82) is 0 Å². The Morgan fingerprint density at radius 1 is 1.24 bits per heavy atom. The third-order valence-electron chi connectivity index (χ3n) is 4.48. The van der Waals surface area contributed by atoms with Gasteiger partial charge >= 0.3 is 0 Å². The summed E-state index contributed by atoms with van der Waals surface area (Å²) >= 11 is 1.99. The van der Waals surface area contributed by atoms with Crippen molar-refractivity contribution in [3.8, 4) is 0 Å². The van der Waals surface area contributed by atoms with Crippen molar-refractivity contribution in [3.05, 3.63) is 54.4 Å². The van der Waals surface area contributed by atoms with Crippen LogP contribution < -0.4 is 5.32 Å². The Labute approximate surface area is 172 Å². The number of hydrogen-bond acceptors (Lipinski definition) is 2. The molecule has 1 heterocycles. The van der Waals surface area contributed by atoms with Gasteiger partial charge in [0.25, 0.3) is 0 Å². The molecule has 1 fully saturated rings. The van der Waals surface area contributed by atoms with Gasteiger partial charge in [0, 0.05) is 49.2 Å². The van der Waals surface area contributed by atoms with Crippen molar-refractivity contribution in [1.82, 2.24) is 14.8 Å². The molecular weight excluding hydrogens is 443 g/mol. The number of aliphatic imine (C=N–C) groups is 1. The Morgan fingerprint density at radius 3 is 2.52 bits per heavy atom. The first-order valence-corrected chi connectivity index (χ1v) is 9.20. The highest BCUT2D eigenvalue weighted by molar-refractivity contribution is 14.0. The van der Waals surface area contributed by atoms with E-state index in [1.165, 1.54) is 23.4 Å². The third-order valence-corrected chi connectivity index (χ3v) is 5.97. The van der Waals surface area contributed by atoms with Gasteiger partial charge in [-0.05, 0) is 37.1 Å². The zero-order valence-electron chi connectivity index (χ0n) is 15.1.